The highest BCUT2D eigenvalue weighted by Gasteiger charge is 2.20. The first-order chi connectivity index (χ1) is 19.0. The monoisotopic (exact) mass is 551 g/mol. The number of nitrogens with two attached hydrogens (primary N) is 1. The lowest BCUT2D eigenvalue weighted by atomic mass is 10.1. The molecule has 2 aromatic carbocycles. The van der Waals surface area contributed by atoms with Crippen molar-refractivity contribution in [1.29, 1.82) is 0 Å². The SMILES string of the molecule is CN(C)C(=O)c1ccc(-c2cnc(N)c(-c3nnc(-c4ccccc4OCCNC(=O)OC(C)(C)C)o3)n2)cc1.[HH].[HH].[HH]. The summed E-state index contributed by atoms with van der Waals surface area (Å²) in [6.45, 7) is 5.80. The van der Waals surface area contributed by atoms with Crippen LogP contribution in [0.4, 0.5) is 10.6 Å². The molecule has 0 spiro atoms. The number of ether oxygens (including phenoxy) is 2. The van der Waals surface area contributed by atoms with Crippen LogP contribution >= 0.6 is 0 Å². The first-order valence-electron chi connectivity index (χ1n) is 12.5. The normalized spacial score (nSPS) is 11.1. The maximum absolute atomic E-state index is 12.2. The number of rotatable bonds is 8. The van der Waals surface area contributed by atoms with E-state index in [2.05, 4.69) is 25.5 Å². The van der Waals surface area contributed by atoms with Crippen LogP contribution in [0.15, 0.2) is 59.1 Å². The van der Waals surface area contributed by atoms with Crippen molar-refractivity contribution in [3.63, 3.8) is 0 Å². The first-order valence-corrected chi connectivity index (χ1v) is 12.5. The van der Waals surface area contributed by atoms with E-state index in [1.165, 1.54) is 11.1 Å². The minimum Gasteiger partial charge on any atom is -0.491 e. The van der Waals surface area contributed by atoms with Gasteiger partial charge in [-0.15, -0.1) is 10.2 Å². The summed E-state index contributed by atoms with van der Waals surface area (Å²) in [7, 11) is 3.39. The number of nitrogens with zero attached hydrogens (tertiary/aromatic N) is 5. The molecule has 2 heterocycles. The van der Waals surface area contributed by atoms with Gasteiger partial charge in [0.1, 0.15) is 18.0 Å². The zero-order chi connectivity index (χ0) is 28.9. The molecule has 0 saturated carbocycles. The second kappa shape index (κ2) is 11.8. The van der Waals surface area contributed by atoms with Gasteiger partial charge in [0.2, 0.25) is 0 Å². The van der Waals surface area contributed by atoms with Gasteiger partial charge in [-0.25, -0.2) is 14.8 Å². The van der Waals surface area contributed by atoms with Gasteiger partial charge in [0.25, 0.3) is 17.7 Å². The topological polar surface area (TPSA) is 159 Å². The number of nitrogen functional groups attached to an aromatic ring is 1. The van der Waals surface area contributed by atoms with E-state index in [9.17, 15) is 9.59 Å². The third-order valence-electron chi connectivity index (χ3n) is 5.41. The summed E-state index contributed by atoms with van der Waals surface area (Å²) in [4.78, 5) is 34.4. The summed E-state index contributed by atoms with van der Waals surface area (Å²) < 4.78 is 17.0. The summed E-state index contributed by atoms with van der Waals surface area (Å²) in [5.74, 6) is 0.795. The Kier molecular flexibility index (Phi) is 8.27. The molecule has 12 nitrogen and oxygen atoms in total. The Morgan fingerprint density at radius 2 is 1.75 bits per heavy atom. The molecule has 4 aromatic rings. The van der Waals surface area contributed by atoms with Gasteiger partial charge < -0.3 is 29.8 Å². The average molecular weight is 552 g/mol. The number of para-hydroxylation sites is 1. The van der Waals surface area contributed by atoms with E-state index in [1.54, 1.807) is 71.3 Å². The van der Waals surface area contributed by atoms with Gasteiger partial charge in [-0.3, -0.25) is 4.79 Å². The second-order valence-corrected chi connectivity index (χ2v) is 9.95. The molecule has 2 amide bonds. The Hall–Kier alpha value is -5.00. The zero-order valence-corrected chi connectivity index (χ0v) is 23.0. The number of alkyl carbamates (subject to hydrolysis) is 1. The van der Waals surface area contributed by atoms with Gasteiger partial charge in [0.15, 0.2) is 11.5 Å². The zero-order valence-electron chi connectivity index (χ0n) is 23.0. The van der Waals surface area contributed by atoms with Crippen LogP contribution < -0.4 is 15.8 Å². The largest absolute Gasteiger partial charge is 0.491 e. The van der Waals surface area contributed by atoms with Crippen LogP contribution in [0.5, 0.6) is 5.75 Å². The van der Waals surface area contributed by atoms with E-state index in [0.717, 1.165) is 5.56 Å². The van der Waals surface area contributed by atoms with Crippen LogP contribution in [0.1, 0.15) is 35.4 Å². The maximum Gasteiger partial charge on any atom is 0.407 e. The number of amides is 2. The average Bonchev–Trinajstić information content (AvgIpc) is 3.40. The molecule has 214 valence electrons. The van der Waals surface area contributed by atoms with Crippen molar-refractivity contribution in [2.75, 3.05) is 33.0 Å². The van der Waals surface area contributed by atoms with Gasteiger partial charge in [-0.05, 0) is 45.0 Å². The van der Waals surface area contributed by atoms with E-state index in [4.69, 9.17) is 19.6 Å². The van der Waals surface area contributed by atoms with Crippen molar-refractivity contribution < 1.29 is 27.8 Å². The number of carbonyl (C=O) groups is 2. The fraction of sp³-hybridized carbons (Fsp3) is 0.286. The van der Waals surface area contributed by atoms with Gasteiger partial charge in [-0.1, -0.05) is 24.3 Å². The standard InChI is InChI=1S/C28H31N7O5.3H2/c1-28(2,3)40-27(37)30-14-15-38-21-9-7-6-8-19(21)24-33-34-25(39-24)22-23(29)31-16-20(32-22)17-10-12-18(13-11-17)26(36)35(4)5;;;/h6-13,16H,14-15H2,1-5H3,(H2,29,31)(H,30,37);3*1H. The minimum atomic E-state index is -0.586. The third kappa shape index (κ3) is 6.90. The van der Waals surface area contributed by atoms with E-state index in [-0.39, 0.29) is 46.6 Å². The van der Waals surface area contributed by atoms with Crippen molar-refractivity contribution in [3.05, 3.63) is 60.3 Å². The Morgan fingerprint density at radius 1 is 1.05 bits per heavy atom. The molecule has 0 aliphatic carbocycles. The molecule has 2 aromatic heterocycles. The van der Waals surface area contributed by atoms with Crippen LogP contribution in [0, 0.1) is 0 Å². The number of anilines is 1. The Labute approximate surface area is 236 Å². The summed E-state index contributed by atoms with van der Waals surface area (Å²) in [5, 5.41) is 10.9. The molecule has 12 heteroatoms. The molecular weight excluding hydrogens is 514 g/mol. The lowest BCUT2D eigenvalue weighted by molar-refractivity contribution is 0.0520. The van der Waals surface area contributed by atoms with Crippen molar-refractivity contribution in [2.24, 2.45) is 0 Å². The highest BCUT2D eigenvalue weighted by atomic mass is 16.6. The molecular formula is C28H37N7O5. The lowest BCUT2D eigenvalue weighted by Gasteiger charge is -2.19. The molecule has 40 heavy (non-hydrogen) atoms. The molecule has 3 N–H and O–H groups in total. The molecule has 0 atom stereocenters. The Bertz CT molecular complexity index is 1510. The lowest BCUT2D eigenvalue weighted by Crippen LogP contribution is -2.34. The predicted octanol–water partition coefficient (Wildman–Crippen LogP) is 4.79. The number of nitrogens with one attached hydrogen (secondary N) is 1. The van der Waals surface area contributed by atoms with Gasteiger partial charge in [-0.2, -0.15) is 0 Å². The molecule has 0 fully saturated rings. The smallest absolute Gasteiger partial charge is 0.407 e. The number of hydrogen-bond donors (Lipinski definition) is 2. The quantitative estimate of drug-likeness (QED) is 0.292. The summed E-state index contributed by atoms with van der Waals surface area (Å²) >= 11 is 0. The Balaban J connectivity index is 0.00000308. The van der Waals surface area contributed by atoms with Crippen LogP contribution in [0.2, 0.25) is 0 Å². The van der Waals surface area contributed by atoms with Gasteiger partial charge >= 0.3 is 6.09 Å². The van der Waals surface area contributed by atoms with Crippen LogP contribution in [0.3, 0.4) is 0 Å². The molecule has 0 aliphatic heterocycles. The van der Waals surface area contributed by atoms with E-state index < -0.39 is 11.7 Å². The van der Waals surface area contributed by atoms with Gasteiger partial charge in [0, 0.05) is 29.5 Å². The number of benzene rings is 2. The highest BCUT2D eigenvalue weighted by molar-refractivity contribution is 5.94. The minimum absolute atomic E-state index is 0. The molecule has 0 bridgehead atoms. The first kappa shape index (κ1) is 28.0. The van der Waals surface area contributed by atoms with Crippen molar-refractivity contribution >= 4 is 17.8 Å². The van der Waals surface area contributed by atoms with Crippen molar-refractivity contribution in [3.8, 4) is 40.0 Å². The van der Waals surface area contributed by atoms with Crippen LogP contribution in [-0.4, -0.2) is 69.9 Å². The van der Waals surface area contributed by atoms with Crippen LogP contribution in [-0.2, 0) is 4.74 Å². The molecule has 0 saturated heterocycles. The van der Waals surface area contributed by atoms with E-state index >= 15 is 0 Å². The number of carbonyl (C=O) groups excluding carboxylic acids is 2. The Morgan fingerprint density at radius 3 is 2.45 bits per heavy atom. The van der Waals surface area contributed by atoms with Gasteiger partial charge in [0.05, 0.1) is 24.0 Å². The predicted molar refractivity (Wildman–Crippen MR) is 155 cm³/mol. The maximum atomic E-state index is 12.2. The van der Waals surface area contributed by atoms with Crippen LogP contribution in [0.25, 0.3) is 34.3 Å². The number of hydrogen-bond acceptors (Lipinski definition) is 10. The molecule has 0 radical (unpaired) electrons. The fourth-order valence-corrected chi connectivity index (χ4v) is 3.56. The summed E-state index contributed by atoms with van der Waals surface area (Å²) in [6, 6.07) is 14.2. The summed E-state index contributed by atoms with van der Waals surface area (Å²) in [5.41, 5.74) is 8.11. The highest BCUT2D eigenvalue weighted by Crippen LogP contribution is 2.32. The van der Waals surface area contributed by atoms with Crippen molar-refractivity contribution in [1.82, 2.24) is 30.4 Å². The molecule has 4 rings (SSSR count). The number of aromatic nitrogens is 4. The fourth-order valence-electron chi connectivity index (χ4n) is 3.56. The van der Waals surface area contributed by atoms with E-state index in [0.29, 0.717) is 22.6 Å². The van der Waals surface area contributed by atoms with Crippen molar-refractivity contribution in [2.45, 2.75) is 26.4 Å². The summed E-state index contributed by atoms with van der Waals surface area (Å²) in [6.07, 6.45) is 1.01. The molecule has 0 aliphatic rings. The van der Waals surface area contributed by atoms with E-state index in [1.807, 2.05) is 12.1 Å². The third-order valence-corrected chi connectivity index (χ3v) is 5.41. The molecule has 0 unspecified atom stereocenters. The second-order valence-electron chi connectivity index (χ2n) is 9.95.